The van der Waals surface area contributed by atoms with E-state index in [1.807, 2.05) is 0 Å². The van der Waals surface area contributed by atoms with Crippen LogP contribution in [0.4, 0.5) is 0 Å². The fourth-order valence-corrected chi connectivity index (χ4v) is 7.17. The molecule has 2 nitrogen and oxygen atoms in total. The SMILES string of the molecule is CC(C)(C)c1cc(-c2ccc(-c3ccc(-c4cc(C(C)(C)C)c(O)c(C(C)(C)C)c4)s3)s2)cc(C(C)(C)C)c1O. The van der Waals surface area contributed by atoms with Crippen LogP contribution in [0.3, 0.4) is 0 Å². The molecule has 2 aromatic heterocycles. The second-order valence-corrected chi connectivity index (χ2v) is 17.3. The fourth-order valence-electron chi connectivity index (χ4n) is 5.09. The number of hydrogen-bond acceptors (Lipinski definition) is 4. The number of hydrogen-bond donors (Lipinski definition) is 2. The molecule has 0 atom stereocenters. The molecule has 0 unspecified atom stereocenters. The quantitative estimate of drug-likeness (QED) is 0.255. The Morgan fingerprint density at radius 2 is 0.625 bits per heavy atom. The summed E-state index contributed by atoms with van der Waals surface area (Å²) in [6.45, 7) is 25.9. The van der Waals surface area contributed by atoms with E-state index in [4.69, 9.17) is 0 Å². The third-order valence-corrected chi connectivity index (χ3v) is 9.94. The molecular formula is C36H46O2S2. The van der Waals surface area contributed by atoms with Gasteiger partial charge in [0.15, 0.2) is 0 Å². The Hall–Kier alpha value is -2.56. The second-order valence-electron chi connectivity index (χ2n) is 15.2. The Bertz CT molecular complexity index is 1350. The first kappa shape index (κ1) is 30.4. The molecule has 0 aliphatic carbocycles. The molecule has 0 aliphatic heterocycles. The van der Waals surface area contributed by atoms with E-state index >= 15 is 0 Å². The van der Waals surface area contributed by atoms with Gasteiger partial charge in [0.25, 0.3) is 0 Å². The molecule has 2 N–H and O–H groups in total. The summed E-state index contributed by atoms with van der Waals surface area (Å²) < 4.78 is 0. The topological polar surface area (TPSA) is 40.5 Å². The lowest BCUT2D eigenvalue weighted by Gasteiger charge is -2.28. The number of benzene rings is 2. The van der Waals surface area contributed by atoms with Crippen LogP contribution in [0.25, 0.3) is 30.6 Å². The van der Waals surface area contributed by atoms with E-state index < -0.39 is 0 Å². The Kier molecular flexibility index (Phi) is 7.65. The lowest BCUT2D eigenvalue weighted by molar-refractivity contribution is 0.422. The average molecular weight is 575 g/mol. The molecule has 0 saturated carbocycles. The third kappa shape index (κ3) is 6.04. The smallest absolute Gasteiger partial charge is 0.123 e. The van der Waals surface area contributed by atoms with Crippen LogP contribution >= 0.6 is 22.7 Å². The largest absolute Gasteiger partial charge is 0.507 e. The van der Waals surface area contributed by atoms with Crippen LogP contribution in [-0.2, 0) is 21.7 Å². The van der Waals surface area contributed by atoms with Crippen LogP contribution in [0.5, 0.6) is 11.5 Å². The maximum absolute atomic E-state index is 11.2. The summed E-state index contributed by atoms with van der Waals surface area (Å²) in [5.41, 5.74) is 5.61. The monoisotopic (exact) mass is 574 g/mol. The first-order valence-electron chi connectivity index (χ1n) is 14.1. The minimum atomic E-state index is -0.162. The molecule has 4 rings (SSSR count). The van der Waals surface area contributed by atoms with Crippen molar-refractivity contribution in [1.29, 1.82) is 0 Å². The van der Waals surface area contributed by atoms with Crippen LogP contribution in [0.1, 0.15) is 105 Å². The molecule has 4 aromatic rings. The van der Waals surface area contributed by atoms with Gasteiger partial charge in [0.2, 0.25) is 0 Å². The summed E-state index contributed by atoms with van der Waals surface area (Å²) in [6.07, 6.45) is 0. The lowest BCUT2D eigenvalue weighted by atomic mass is 9.78. The molecule has 40 heavy (non-hydrogen) atoms. The van der Waals surface area contributed by atoms with E-state index in [2.05, 4.69) is 132 Å². The number of thiophene rings is 2. The van der Waals surface area contributed by atoms with Crippen LogP contribution in [0.2, 0.25) is 0 Å². The van der Waals surface area contributed by atoms with Crippen molar-refractivity contribution in [2.75, 3.05) is 0 Å². The summed E-state index contributed by atoms with van der Waals surface area (Å²) >= 11 is 3.60. The Morgan fingerprint density at radius 1 is 0.400 bits per heavy atom. The molecule has 4 heteroatoms. The van der Waals surface area contributed by atoms with Crippen LogP contribution in [-0.4, -0.2) is 10.2 Å². The highest BCUT2D eigenvalue weighted by Crippen LogP contribution is 2.47. The molecule has 0 spiro atoms. The van der Waals surface area contributed by atoms with Gasteiger partial charge < -0.3 is 10.2 Å². The molecule has 214 valence electrons. The van der Waals surface area contributed by atoms with Crippen LogP contribution < -0.4 is 0 Å². The molecule has 0 radical (unpaired) electrons. The van der Waals surface area contributed by atoms with Gasteiger partial charge in [0.1, 0.15) is 11.5 Å². The average Bonchev–Trinajstić information content (AvgIpc) is 3.46. The first-order chi connectivity index (χ1) is 18.2. The van der Waals surface area contributed by atoms with Crippen molar-refractivity contribution in [3.05, 3.63) is 70.8 Å². The van der Waals surface area contributed by atoms with Crippen LogP contribution in [0.15, 0.2) is 48.5 Å². The second kappa shape index (κ2) is 10.1. The molecule has 0 fully saturated rings. The van der Waals surface area contributed by atoms with E-state index in [0.29, 0.717) is 11.5 Å². The summed E-state index contributed by atoms with van der Waals surface area (Å²) in [6, 6.07) is 17.5. The highest BCUT2D eigenvalue weighted by molar-refractivity contribution is 7.25. The van der Waals surface area contributed by atoms with Crippen molar-refractivity contribution in [3.63, 3.8) is 0 Å². The zero-order valence-electron chi connectivity index (χ0n) is 26.3. The Morgan fingerprint density at radius 3 is 0.850 bits per heavy atom. The van der Waals surface area contributed by atoms with E-state index in [-0.39, 0.29) is 21.7 Å². The highest BCUT2D eigenvalue weighted by Gasteiger charge is 2.28. The van der Waals surface area contributed by atoms with Crippen molar-refractivity contribution in [2.24, 2.45) is 0 Å². The molecule has 0 bridgehead atoms. The van der Waals surface area contributed by atoms with Crippen molar-refractivity contribution < 1.29 is 10.2 Å². The fraction of sp³-hybridized carbons (Fsp3) is 0.444. The van der Waals surface area contributed by atoms with Crippen molar-refractivity contribution in [1.82, 2.24) is 0 Å². The first-order valence-corrected chi connectivity index (χ1v) is 15.8. The number of aromatic hydroxyl groups is 2. The van der Waals surface area contributed by atoms with E-state index in [9.17, 15) is 10.2 Å². The van der Waals surface area contributed by atoms with Gasteiger partial charge in [-0.3, -0.25) is 0 Å². The van der Waals surface area contributed by atoms with E-state index in [1.165, 1.54) is 19.5 Å². The number of phenols is 2. The van der Waals surface area contributed by atoms with Gasteiger partial charge in [-0.15, -0.1) is 22.7 Å². The zero-order chi connectivity index (χ0) is 30.0. The molecular weight excluding hydrogens is 529 g/mol. The summed E-state index contributed by atoms with van der Waals surface area (Å²) in [5.74, 6) is 0.836. The van der Waals surface area contributed by atoms with E-state index in [0.717, 1.165) is 33.4 Å². The number of rotatable bonds is 3. The predicted molar refractivity (Wildman–Crippen MR) is 177 cm³/mol. The van der Waals surface area contributed by atoms with Gasteiger partial charge in [0, 0.05) is 41.8 Å². The Balaban J connectivity index is 1.78. The van der Waals surface area contributed by atoms with Crippen molar-refractivity contribution >= 4 is 22.7 Å². The van der Waals surface area contributed by atoms with Gasteiger partial charge in [-0.05, 0) is 81.3 Å². The predicted octanol–water partition coefficient (Wildman–Crippen LogP) is 11.4. The number of phenolic OH excluding ortho intramolecular Hbond substituents is 2. The standard InChI is InChI=1S/C36H46O2S2/c1-33(2,3)23-17-21(18-24(31(23)37)34(4,5)6)27-13-15-29(39-27)30-16-14-28(40-30)22-19-25(35(7,8)9)32(38)26(20-22)36(10,11)12/h13-20,37-38H,1-12H3. The summed E-state index contributed by atoms with van der Waals surface area (Å²) in [4.78, 5) is 4.88. The molecule has 0 aliphatic rings. The Labute approximate surface area is 249 Å². The summed E-state index contributed by atoms with van der Waals surface area (Å²) in [7, 11) is 0. The van der Waals surface area contributed by atoms with Gasteiger partial charge >= 0.3 is 0 Å². The minimum Gasteiger partial charge on any atom is -0.507 e. The van der Waals surface area contributed by atoms with E-state index in [1.54, 1.807) is 22.7 Å². The maximum atomic E-state index is 11.2. The lowest BCUT2D eigenvalue weighted by Crippen LogP contribution is -2.17. The van der Waals surface area contributed by atoms with Gasteiger partial charge in [-0.1, -0.05) is 83.1 Å². The normalized spacial score (nSPS) is 13.2. The highest BCUT2D eigenvalue weighted by atomic mass is 32.1. The summed E-state index contributed by atoms with van der Waals surface area (Å²) in [5, 5.41) is 22.3. The minimum absolute atomic E-state index is 0.162. The van der Waals surface area contributed by atoms with Gasteiger partial charge in [0.05, 0.1) is 0 Å². The van der Waals surface area contributed by atoms with Crippen molar-refractivity contribution in [3.8, 4) is 42.1 Å². The molecule has 0 amide bonds. The van der Waals surface area contributed by atoms with Gasteiger partial charge in [-0.2, -0.15) is 0 Å². The van der Waals surface area contributed by atoms with Crippen molar-refractivity contribution in [2.45, 2.75) is 105 Å². The van der Waals surface area contributed by atoms with Crippen LogP contribution in [0, 0.1) is 0 Å². The molecule has 2 aromatic carbocycles. The van der Waals surface area contributed by atoms with Gasteiger partial charge in [-0.25, -0.2) is 0 Å². The molecule has 2 heterocycles. The zero-order valence-corrected chi connectivity index (χ0v) is 28.0. The molecule has 0 saturated heterocycles. The maximum Gasteiger partial charge on any atom is 0.123 e. The third-order valence-electron chi connectivity index (χ3n) is 7.48.